The number of hydrazone groups is 1. The van der Waals surface area contributed by atoms with Gasteiger partial charge in [0.1, 0.15) is 24.2 Å². The zero-order chi connectivity index (χ0) is 15.3. The number of halogens is 1. The van der Waals surface area contributed by atoms with Gasteiger partial charge in [-0.2, -0.15) is 5.10 Å². The quantitative estimate of drug-likeness (QED) is 0.911. The SMILES string of the molecule is CC1C(=O)NN=C2COc3cc(F)c(CC4CCC4)cc3N21. The summed E-state index contributed by atoms with van der Waals surface area (Å²) in [5, 5.41) is 4.05. The molecule has 22 heavy (non-hydrogen) atoms. The van der Waals surface area contributed by atoms with Gasteiger partial charge in [-0.25, -0.2) is 9.82 Å². The van der Waals surface area contributed by atoms with Gasteiger partial charge in [-0.05, 0) is 30.9 Å². The number of benzene rings is 1. The summed E-state index contributed by atoms with van der Waals surface area (Å²) < 4.78 is 19.9. The highest BCUT2D eigenvalue weighted by molar-refractivity contribution is 6.09. The molecule has 0 aromatic heterocycles. The van der Waals surface area contributed by atoms with E-state index in [9.17, 15) is 9.18 Å². The van der Waals surface area contributed by atoms with E-state index in [0.29, 0.717) is 23.1 Å². The van der Waals surface area contributed by atoms with E-state index < -0.39 is 0 Å². The molecule has 1 aliphatic carbocycles. The van der Waals surface area contributed by atoms with E-state index in [2.05, 4.69) is 10.5 Å². The highest BCUT2D eigenvalue weighted by Crippen LogP contribution is 2.39. The number of rotatable bonds is 2. The van der Waals surface area contributed by atoms with Gasteiger partial charge >= 0.3 is 0 Å². The van der Waals surface area contributed by atoms with Gasteiger partial charge in [0.25, 0.3) is 5.91 Å². The van der Waals surface area contributed by atoms with Gasteiger partial charge in [0.05, 0.1) is 5.69 Å². The molecule has 2 aliphatic heterocycles. The van der Waals surface area contributed by atoms with E-state index in [-0.39, 0.29) is 24.4 Å². The Morgan fingerprint density at radius 2 is 2.27 bits per heavy atom. The first kappa shape index (κ1) is 13.5. The third kappa shape index (κ3) is 2.05. The van der Waals surface area contributed by atoms with Crippen molar-refractivity contribution in [3.63, 3.8) is 0 Å². The summed E-state index contributed by atoms with van der Waals surface area (Å²) >= 11 is 0. The third-order valence-corrected chi connectivity index (χ3v) is 4.82. The molecule has 0 radical (unpaired) electrons. The minimum Gasteiger partial charge on any atom is -0.483 e. The van der Waals surface area contributed by atoms with Crippen LogP contribution < -0.4 is 15.1 Å². The van der Waals surface area contributed by atoms with Crippen molar-refractivity contribution in [2.24, 2.45) is 11.0 Å². The second kappa shape index (κ2) is 4.97. The first-order chi connectivity index (χ1) is 10.6. The Bertz CT molecular complexity index is 670. The maximum atomic E-state index is 14.3. The zero-order valence-electron chi connectivity index (χ0n) is 12.4. The maximum Gasteiger partial charge on any atom is 0.262 e. The molecule has 4 rings (SSSR count). The van der Waals surface area contributed by atoms with Crippen molar-refractivity contribution in [1.29, 1.82) is 0 Å². The minimum absolute atomic E-state index is 0.165. The standard InChI is InChI=1S/C16H18FN3O2/c1-9-16(21)19-18-15-8-22-14-7-12(17)11(5-10-3-2-4-10)6-13(14)20(9)15/h6-7,9-10H,2-5,8H2,1H3,(H,19,21). The second-order valence-corrected chi connectivity index (χ2v) is 6.25. The van der Waals surface area contributed by atoms with Crippen LogP contribution >= 0.6 is 0 Å². The zero-order valence-corrected chi connectivity index (χ0v) is 12.4. The van der Waals surface area contributed by atoms with Gasteiger partial charge in [0.15, 0.2) is 5.84 Å². The summed E-state index contributed by atoms with van der Waals surface area (Å²) in [6, 6.07) is 2.89. The fraction of sp³-hybridized carbons (Fsp3) is 0.500. The third-order valence-electron chi connectivity index (χ3n) is 4.82. The van der Waals surface area contributed by atoms with E-state index in [0.717, 1.165) is 12.1 Å². The molecule has 5 nitrogen and oxygen atoms in total. The minimum atomic E-state index is -0.378. The number of amides is 1. The summed E-state index contributed by atoms with van der Waals surface area (Å²) in [5.41, 5.74) is 3.93. The Kier molecular flexibility index (Phi) is 3.06. The molecule has 1 atom stereocenters. The summed E-state index contributed by atoms with van der Waals surface area (Å²) in [7, 11) is 0. The lowest BCUT2D eigenvalue weighted by Crippen LogP contribution is -2.55. The van der Waals surface area contributed by atoms with Crippen molar-refractivity contribution in [2.45, 2.75) is 38.6 Å². The van der Waals surface area contributed by atoms with Gasteiger partial charge in [0, 0.05) is 6.07 Å². The van der Waals surface area contributed by atoms with Crippen LogP contribution in [0.2, 0.25) is 0 Å². The number of fused-ring (bicyclic) bond motifs is 3. The molecule has 1 saturated carbocycles. The molecule has 0 saturated heterocycles. The van der Waals surface area contributed by atoms with Crippen molar-refractivity contribution >= 4 is 17.4 Å². The maximum absolute atomic E-state index is 14.3. The summed E-state index contributed by atoms with van der Waals surface area (Å²) in [5.74, 6) is 1.32. The molecule has 1 aromatic carbocycles. The van der Waals surface area contributed by atoms with Crippen molar-refractivity contribution in [2.75, 3.05) is 11.5 Å². The number of nitrogens with one attached hydrogen (secondary N) is 1. The Balaban J connectivity index is 1.74. The van der Waals surface area contributed by atoms with Crippen LogP contribution in [0.3, 0.4) is 0 Å². The van der Waals surface area contributed by atoms with Crippen LogP contribution in [-0.4, -0.2) is 24.4 Å². The van der Waals surface area contributed by atoms with E-state index in [1.165, 1.54) is 25.3 Å². The van der Waals surface area contributed by atoms with Crippen LogP contribution in [0.15, 0.2) is 17.2 Å². The average Bonchev–Trinajstić information content (AvgIpc) is 2.46. The Hall–Kier alpha value is -2.11. The van der Waals surface area contributed by atoms with Crippen molar-refractivity contribution < 1.29 is 13.9 Å². The Morgan fingerprint density at radius 3 is 3.00 bits per heavy atom. The van der Waals surface area contributed by atoms with Crippen molar-refractivity contribution in [3.8, 4) is 5.75 Å². The first-order valence-electron chi connectivity index (χ1n) is 7.74. The Morgan fingerprint density at radius 1 is 1.45 bits per heavy atom. The second-order valence-electron chi connectivity index (χ2n) is 6.25. The van der Waals surface area contributed by atoms with E-state index in [1.54, 1.807) is 0 Å². The molecule has 1 aromatic rings. The molecule has 2 heterocycles. The van der Waals surface area contributed by atoms with Gasteiger partial charge < -0.3 is 9.64 Å². The normalized spacial score (nSPS) is 23.7. The highest BCUT2D eigenvalue weighted by Gasteiger charge is 2.36. The number of carbonyl (C=O) groups is 1. The van der Waals surface area contributed by atoms with Gasteiger partial charge in [-0.15, -0.1) is 0 Å². The summed E-state index contributed by atoms with van der Waals surface area (Å²) in [6.45, 7) is 2.05. The molecule has 1 unspecified atom stereocenters. The van der Waals surface area contributed by atoms with Crippen molar-refractivity contribution in [1.82, 2.24) is 5.43 Å². The van der Waals surface area contributed by atoms with Crippen LogP contribution in [0.1, 0.15) is 31.7 Å². The molecule has 6 heteroatoms. The molecule has 1 fully saturated rings. The van der Waals surface area contributed by atoms with Gasteiger partial charge in [0.2, 0.25) is 0 Å². The van der Waals surface area contributed by atoms with E-state index >= 15 is 0 Å². The number of ether oxygens (including phenoxy) is 1. The molecule has 3 aliphatic rings. The average molecular weight is 303 g/mol. The first-order valence-corrected chi connectivity index (χ1v) is 7.74. The smallest absolute Gasteiger partial charge is 0.262 e. The molecule has 1 amide bonds. The van der Waals surface area contributed by atoms with Crippen molar-refractivity contribution in [3.05, 3.63) is 23.5 Å². The van der Waals surface area contributed by atoms with Crippen LogP contribution in [-0.2, 0) is 11.2 Å². The summed E-state index contributed by atoms with van der Waals surface area (Å²) in [6.07, 6.45) is 4.32. The van der Waals surface area contributed by atoms with Crippen LogP contribution in [0, 0.1) is 11.7 Å². The number of anilines is 1. The number of hydrogen-bond acceptors (Lipinski definition) is 4. The van der Waals surface area contributed by atoms with Gasteiger partial charge in [-0.3, -0.25) is 4.79 Å². The lowest BCUT2D eigenvalue weighted by molar-refractivity contribution is -0.122. The molecular formula is C16H18FN3O2. The fourth-order valence-electron chi connectivity index (χ4n) is 3.25. The van der Waals surface area contributed by atoms with Crippen LogP contribution in [0.4, 0.5) is 10.1 Å². The molecular weight excluding hydrogens is 285 g/mol. The molecule has 116 valence electrons. The number of carbonyl (C=O) groups excluding carboxylic acids is 1. The summed E-state index contributed by atoms with van der Waals surface area (Å²) in [4.78, 5) is 13.7. The highest BCUT2D eigenvalue weighted by atomic mass is 19.1. The largest absolute Gasteiger partial charge is 0.483 e. The predicted molar refractivity (Wildman–Crippen MR) is 80.5 cm³/mol. The lowest BCUT2D eigenvalue weighted by atomic mass is 9.81. The molecule has 1 N–H and O–H groups in total. The topological polar surface area (TPSA) is 53.9 Å². The molecule has 0 bridgehead atoms. The monoisotopic (exact) mass is 303 g/mol. The number of nitrogens with zero attached hydrogens (tertiary/aromatic N) is 2. The number of hydrogen-bond donors (Lipinski definition) is 1. The van der Waals surface area contributed by atoms with Gasteiger partial charge in [-0.1, -0.05) is 19.3 Å². The fourth-order valence-corrected chi connectivity index (χ4v) is 3.25. The van der Waals surface area contributed by atoms with E-state index in [4.69, 9.17) is 4.74 Å². The molecule has 0 spiro atoms. The predicted octanol–water partition coefficient (Wildman–Crippen LogP) is 2.20. The number of amidine groups is 1. The Labute approximate surface area is 128 Å². The lowest BCUT2D eigenvalue weighted by Gasteiger charge is -2.38. The van der Waals surface area contributed by atoms with E-state index in [1.807, 2.05) is 17.9 Å². The van der Waals surface area contributed by atoms with Crippen LogP contribution in [0.5, 0.6) is 5.75 Å². The van der Waals surface area contributed by atoms with Crippen LogP contribution in [0.25, 0.3) is 0 Å².